The van der Waals surface area contributed by atoms with Crippen LogP contribution in [-0.4, -0.2) is 63.0 Å². The zero-order valence-electron chi connectivity index (χ0n) is 16.8. The number of hydrogen-bond donors (Lipinski definition) is 0. The van der Waals surface area contributed by atoms with E-state index >= 15 is 0 Å². The third-order valence-corrected chi connectivity index (χ3v) is 6.24. The Kier molecular flexibility index (Phi) is 6.00. The highest BCUT2D eigenvalue weighted by Crippen LogP contribution is 2.19. The van der Waals surface area contributed by atoms with Crippen molar-refractivity contribution in [2.24, 2.45) is 0 Å². The molecule has 0 unspecified atom stereocenters. The van der Waals surface area contributed by atoms with Gasteiger partial charge in [0.1, 0.15) is 5.82 Å². The summed E-state index contributed by atoms with van der Waals surface area (Å²) in [6.07, 6.45) is 1.65. The second-order valence-electron chi connectivity index (χ2n) is 7.21. The van der Waals surface area contributed by atoms with E-state index in [1.165, 1.54) is 9.71 Å². The van der Waals surface area contributed by atoms with E-state index in [0.29, 0.717) is 32.1 Å². The van der Waals surface area contributed by atoms with E-state index in [1.807, 2.05) is 68.1 Å². The van der Waals surface area contributed by atoms with Crippen LogP contribution in [-0.2, 0) is 10.0 Å². The average molecular weight is 402 g/mol. The lowest BCUT2D eigenvalue weighted by Gasteiger charge is -2.33. The van der Waals surface area contributed by atoms with Gasteiger partial charge in [-0.1, -0.05) is 29.8 Å². The highest BCUT2D eigenvalue weighted by molar-refractivity contribution is 7.92. The van der Waals surface area contributed by atoms with Crippen molar-refractivity contribution < 1.29 is 8.42 Å². The van der Waals surface area contributed by atoms with Crippen molar-refractivity contribution in [2.45, 2.75) is 13.8 Å². The number of sulfonamides is 1. The molecular formula is C20H27N5O2S. The van der Waals surface area contributed by atoms with Gasteiger partial charge < -0.3 is 9.80 Å². The standard InChI is InChI=1S/C20H27N5O2S/c1-16-5-7-18(8-6-16)9-14-28(26,27)25-12-10-24(11-13-25)20-21-17(2)15-19(22-20)23(3)4/h5-9,14-15H,10-13H2,1-4H3/b14-9+. The zero-order valence-corrected chi connectivity index (χ0v) is 17.6. The maximum atomic E-state index is 12.6. The molecule has 0 atom stereocenters. The van der Waals surface area contributed by atoms with Crippen molar-refractivity contribution >= 4 is 27.9 Å². The number of aromatic nitrogens is 2. The Labute approximate surface area is 167 Å². The fourth-order valence-electron chi connectivity index (χ4n) is 2.98. The van der Waals surface area contributed by atoms with Gasteiger partial charge in [-0.15, -0.1) is 0 Å². The number of benzene rings is 1. The first-order valence-corrected chi connectivity index (χ1v) is 10.8. The average Bonchev–Trinajstić information content (AvgIpc) is 2.67. The van der Waals surface area contributed by atoms with Crippen molar-refractivity contribution in [2.75, 3.05) is 50.1 Å². The molecule has 2 heterocycles. The lowest BCUT2D eigenvalue weighted by atomic mass is 10.2. The van der Waals surface area contributed by atoms with Crippen LogP contribution < -0.4 is 9.80 Å². The second kappa shape index (κ2) is 8.28. The first-order valence-electron chi connectivity index (χ1n) is 9.27. The number of hydrogen-bond acceptors (Lipinski definition) is 6. The Morgan fingerprint density at radius 1 is 1.00 bits per heavy atom. The predicted octanol–water partition coefficient (Wildman–Crippen LogP) is 2.28. The fraction of sp³-hybridized carbons (Fsp3) is 0.400. The molecule has 3 rings (SSSR count). The maximum Gasteiger partial charge on any atom is 0.236 e. The molecule has 0 radical (unpaired) electrons. The van der Waals surface area contributed by atoms with Crippen LogP contribution in [0, 0.1) is 13.8 Å². The van der Waals surface area contributed by atoms with Crippen LogP contribution >= 0.6 is 0 Å². The molecule has 2 aromatic rings. The molecule has 0 amide bonds. The third kappa shape index (κ3) is 4.88. The number of anilines is 2. The van der Waals surface area contributed by atoms with E-state index in [2.05, 4.69) is 9.97 Å². The zero-order chi connectivity index (χ0) is 20.3. The van der Waals surface area contributed by atoms with Gasteiger partial charge in [0.15, 0.2) is 0 Å². The molecule has 0 bridgehead atoms. The Balaban J connectivity index is 1.67. The van der Waals surface area contributed by atoms with Crippen molar-refractivity contribution in [3.63, 3.8) is 0 Å². The summed E-state index contributed by atoms with van der Waals surface area (Å²) in [4.78, 5) is 13.1. The van der Waals surface area contributed by atoms with Crippen LogP contribution in [0.4, 0.5) is 11.8 Å². The predicted molar refractivity (Wildman–Crippen MR) is 114 cm³/mol. The maximum absolute atomic E-state index is 12.6. The highest BCUT2D eigenvalue weighted by atomic mass is 32.2. The summed E-state index contributed by atoms with van der Waals surface area (Å²) in [6, 6.07) is 9.69. The summed E-state index contributed by atoms with van der Waals surface area (Å²) in [5.74, 6) is 1.49. The van der Waals surface area contributed by atoms with E-state index in [-0.39, 0.29) is 0 Å². The summed E-state index contributed by atoms with van der Waals surface area (Å²) in [5.41, 5.74) is 2.91. The quantitative estimate of drug-likeness (QED) is 0.766. The van der Waals surface area contributed by atoms with E-state index < -0.39 is 10.0 Å². The molecule has 1 aliphatic heterocycles. The van der Waals surface area contributed by atoms with Crippen LogP contribution in [0.1, 0.15) is 16.8 Å². The highest BCUT2D eigenvalue weighted by Gasteiger charge is 2.26. The molecule has 1 fully saturated rings. The number of rotatable bonds is 5. The molecule has 0 aliphatic carbocycles. The van der Waals surface area contributed by atoms with Crippen LogP contribution in [0.15, 0.2) is 35.7 Å². The molecule has 0 N–H and O–H groups in total. The lowest BCUT2D eigenvalue weighted by Crippen LogP contribution is -2.48. The minimum atomic E-state index is -3.45. The minimum Gasteiger partial charge on any atom is -0.363 e. The van der Waals surface area contributed by atoms with E-state index in [4.69, 9.17) is 0 Å². The van der Waals surface area contributed by atoms with Crippen LogP contribution in [0.3, 0.4) is 0 Å². The SMILES string of the molecule is Cc1ccc(/C=C/S(=O)(=O)N2CCN(c3nc(C)cc(N(C)C)n3)CC2)cc1. The monoisotopic (exact) mass is 401 g/mol. The molecule has 28 heavy (non-hydrogen) atoms. The van der Waals surface area contributed by atoms with Crippen molar-refractivity contribution in [3.05, 3.63) is 52.6 Å². The van der Waals surface area contributed by atoms with Crippen molar-refractivity contribution in [1.29, 1.82) is 0 Å². The minimum absolute atomic E-state index is 0.412. The van der Waals surface area contributed by atoms with Gasteiger partial charge in [-0.05, 0) is 25.5 Å². The first-order chi connectivity index (χ1) is 13.2. The van der Waals surface area contributed by atoms with Gasteiger partial charge in [0.25, 0.3) is 0 Å². The third-order valence-electron chi connectivity index (χ3n) is 4.68. The van der Waals surface area contributed by atoms with Gasteiger partial charge >= 0.3 is 0 Å². The van der Waals surface area contributed by atoms with Gasteiger partial charge in [0.2, 0.25) is 16.0 Å². The Hall–Kier alpha value is -2.45. The van der Waals surface area contributed by atoms with Crippen LogP contribution in [0.2, 0.25) is 0 Å². The van der Waals surface area contributed by atoms with Gasteiger partial charge in [0.05, 0.1) is 0 Å². The summed E-state index contributed by atoms with van der Waals surface area (Å²) in [5, 5.41) is 1.29. The topological polar surface area (TPSA) is 69.6 Å². The summed E-state index contributed by atoms with van der Waals surface area (Å²) < 4.78 is 26.8. The normalized spacial score (nSPS) is 15.9. The molecule has 0 spiro atoms. The van der Waals surface area contributed by atoms with E-state index in [0.717, 1.165) is 22.6 Å². The molecule has 8 heteroatoms. The molecular weight excluding hydrogens is 374 g/mol. The number of piperazine rings is 1. The van der Waals surface area contributed by atoms with Gasteiger partial charge in [0, 0.05) is 57.4 Å². The largest absolute Gasteiger partial charge is 0.363 e. The van der Waals surface area contributed by atoms with Gasteiger partial charge in [-0.25, -0.2) is 13.4 Å². The molecule has 1 saturated heterocycles. The Morgan fingerprint density at radius 3 is 2.25 bits per heavy atom. The Morgan fingerprint density at radius 2 is 1.64 bits per heavy atom. The van der Waals surface area contributed by atoms with Crippen LogP contribution in [0.5, 0.6) is 0 Å². The van der Waals surface area contributed by atoms with Gasteiger partial charge in [-0.2, -0.15) is 9.29 Å². The lowest BCUT2D eigenvalue weighted by molar-refractivity contribution is 0.387. The van der Waals surface area contributed by atoms with Crippen molar-refractivity contribution in [1.82, 2.24) is 14.3 Å². The smallest absolute Gasteiger partial charge is 0.236 e. The molecule has 150 valence electrons. The summed E-state index contributed by atoms with van der Waals surface area (Å²) in [6.45, 7) is 5.89. The summed E-state index contributed by atoms with van der Waals surface area (Å²) in [7, 11) is 0.432. The number of nitrogens with zero attached hydrogens (tertiary/aromatic N) is 5. The molecule has 7 nitrogen and oxygen atoms in total. The number of aryl methyl sites for hydroxylation is 2. The van der Waals surface area contributed by atoms with E-state index in [9.17, 15) is 8.42 Å². The fourth-order valence-corrected chi connectivity index (χ4v) is 4.15. The molecule has 1 aromatic carbocycles. The Bertz CT molecular complexity index is 947. The second-order valence-corrected chi connectivity index (χ2v) is 9.02. The van der Waals surface area contributed by atoms with Crippen LogP contribution in [0.25, 0.3) is 6.08 Å². The molecule has 0 saturated carbocycles. The van der Waals surface area contributed by atoms with Crippen molar-refractivity contribution in [3.8, 4) is 0 Å². The summed E-state index contributed by atoms with van der Waals surface area (Å²) >= 11 is 0. The molecule has 1 aliphatic rings. The molecule has 1 aromatic heterocycles. The van der Waals surface area contributed by atoms with Gasteiger partial charge in [-0.3, -0.25) is 0 Å². The van der Waals surface area contributed by atoms with E-state index in [1.54, 1.807) is 6.08 Å². The first kappa shape index (κ1) is 20.3.